The molecule has 4 aliphatic heterocycles. The van der Waals surface area contributed by atoms with Gasteiger partial charge in [0.15, 0.2) is 0 Å². The minimum atomic E-state index is -4.59. The molecule has 1 unspecified atom stereocenters. The van der Waals surface area contributed by atoms with Crippen molar-refractivity contribution in [3.63, 3.8) is 0 Å². The van der Waals surface area contributed by atoms with Gasteiger partial charge in [-0.05, 0) is 81.4 Å². The van der Waals surface area contributed by atoms with Crippen LogP contribution >= 0.6 is 0 Å². The Bertz CT molecular complexity index is 1520. The van der Waals surface area contributed by atoms with E-state index in [9.17, 15) is 32.3 Å². The fourth-order valence-corrected chi connectivity index (χ4v) is 7.50. The van der Waals surface area contributed by atoms with E-state index in [0.29, 0.717) is 51.6 Å². The fraction of sp³-hybridized carbons (Fsp3) is 0.543. The van der Waals surface area contributed by atoms with Gasteiger partial charge in [0, 0.05) is 56.2 Å². The molecule has 3 saturated heterocycles. The molecule has 0 aromatic heterocycles. The molecule has 0 spiro atoms. The van der Waals surface area contributed by atoms with Crippen LogP contribution in [0.5, 0.6) is 0 Å². The number of alkyl halides is 3. The third kappa shape index (κ3) is 8.46. The lowest BCUT2D eigenvalue weighted by molar-refractivity contribution is -0.140. The molecule has 49 heavy (non-hydrogen) atoms. The van der Waals surface area contributed by atoms with E-state index >= 15 is 0 Å². The Morgan fingerprint density at radius 2 is 1.51 bits per heavy atom. The van der Waals surface area contributed by atoms with Crippen molar-refractivity contribution in [3.05, 3.63) is 59.7 Å². The maximum Gasteiger partial charge on any atom is 0.416 e. The number of rotatable bonds is 7. The maximum absolute atomic E-state index is 13.9. The number of nitrogens with zero attached hydrogens (tertiary/aromatic N) is 4. The van der Waals surface area contributed by atoms with Gasteiger partial charge in [0.2, 0.25) is 11.8 Å². The fourth-order valence-electron chi connectivity index (χ4n) is 7.50. The molecular formula is C35H44F3N7O4. The number of benzene rings is 2. The number of para-hydroxylation sites is 1. The molecule has 6 amide bonds. The van der Waals surface area contributed by atoms with Crippen LogP contribution in [0.3, 0.4) is 0 Å². The molecule has 3 N–H and O–H groups in total. The standard InChI is InChI=1S/C35H44F3N7O4/c36-35(37,38)25-8-6-9-26(21-25)39-33(48)40-30(32(47)44-19-11-27(12-20-44)42-15-4-1-5-16-42)22-31(46)43-17-13-28(14-18-43)45-23-24-7-2-3-10-29(24)41-34(45)49/h2-3,6-10,21,27-28,30H,1,4-5,11-20,22-23H2,(H,41,49)(H2,39,40,48). The van der Waals surface area contributed by atoms with E-state index in [1.807, 2.05) is 24.3 Å². The van der Waals surface area contributed by atoms with Crippen LogP contribution in [-0.4, -0.2) is 101 Å². The number of likely N-dealkylation sites (tertiary alicyclic amines) is 3. The summed E-state index contributed by atoms with van der Waals surface area (Å²) in [5, 5.41) is 7.94. The lowest BCUT2D eigenvalue weighted by Crippen LogP contribution is -2.56. The molecular weight excluding hydrogens is 639 g/mol. The van der Waals surface area contributed by atoms with E-state index in [-0.39, 0.29) is 36.0 Å². The van der Waals surface area contributed by atoms with Crippen LogP contribution in [0.1, 0.15) is 62.5 Å². The first-order valence-electron chi connectivity index (χ1n) is 17.3. The number of piperidine rings is 3. The average Bonchev–Trinajstić information content (AvgIpc) is 3.11. The number of carbonyl (C=O) groups is 4. The number of fused-ring (bicyclic) bond motifs is 1. The number of hydrogen-bond donors (Lipinski definition) is 3. The minimum Gasteiger partial charge on any atom is -0.342 e. The quantitative estimate of drug-likeness (QED) is 0.376. The Labute approximate surface area is 284 Å². The van der Waals surface area contributed by atoms with Crippen LogP contribution < -0.4 is 16.0 Å². The van der Waals surface area contributed by atoms with Crippen molar-refractivity contribution in [1.29, 1.82) is 0 Å². The molecule has 4 aliphatic rings. The topological polar surface area (TPSA) is 117 Å². The summed E-state index contributed by atoms with van der Waals surface area (Å²) in [7, 11) is 0. The number of urea groups is 2. The predicted octanol–water partition coefficient (Wildman–Crippen LogP) is 5.10. The summed E-state index contributed by atoms with van der Waals surface area (Å²) in [5.41, 5.74) is 0.821. The second-order valence-corrected chi connectivity index (χ2v) is 13.4. The van der Waals surface area contributed by atoms with Gasteiger partial charge in [-0.25, -0.2) is 9.59 Å². The van der Waals surface area contributed by atoms with Crippen LogP contribution in [0.2, 0.25) is 0 Å². The summed E-state index contributed by atoms with van der Waals surface area (Å²) in [5.74, 6) is -0.698. The third-order valence-corrected chi connectivity index (χ3v) is 10.2. The van der Waals surface area contributed by atoms with Gasteiger partial charge in [0.05, 0.1) is 12.0 Å². The van der Waals surface area contributed by atoms with Crippen molar-refractivity contribution in [3.8, 4) is 0 Å². The van der Waals surface area contributed by atoms with E-state index in [0.717, 1.165) is 49.3 Å². The molecule has 2 aromatic rings. The highest BCUT2D eigenvalue weighted by Crippen LogP contribution is 2.31. The smallest absolute Gasteiger partial charge is 0.342 e. The Morgan fingerprint density at radius 3 is 2.22 bits per heavy atom. The van der Waals surface area contributed by atoms with Gasteiger partial charge in [-0.15, -0.1) is 0 Å². The number of anilines is 2. The molecule has 1 atom stereocenters. The second-order valence-electron chi connectivity index (χ2n) is 13.4. The minimum absolute atomic E-state index is 0.0626. The van der Waals surface area contributed by atoms with Gasteiger partial charge in [-0.3, -0.25) is 9.59 Å². The summed E-state index contributed by atoms with van der Waals surface area (Å²) < 4.78 is 39.8. The molecule has 11 nitrogen and oxygen atoms in total. The molecule has 6 rings (SSSR count). The zero-order valence-corrected chi connectivity index (χ0v) is 27.5. The van der Waals surface area contributed by atoms with E-state index in [4.69, 9.17) is 0 Å². The van der Waals surface area contributed by atoms with Crippen molar-refractivity contribution < 1.29 is 32.3 Å². The molecule has 264 valence electrons. The Kier molecular flexibility index (Phi) is 10.6. The van der Waals surface area contributed by atoms with Crippen LogP contribution in [-0.2, 0) is 22.3 Å². The first kappa shape index (κ1) is 34.5. The molecule has 0 aliphatic carbocycles. The average molecular weight is 684 g/mol. The van der Waals surface area contributed by atoms with Gasteiger partial charge in [0.25, 0.3) is 0 Å². The van der Waals surface area contributed by atoms with E-state index in [1.165, 1.54) is 31.4 Å². The van der Waals surface area contributed by atoms with Crippen LogP contribution in [0.4, 0.5) is 34.1 Å². The van der Waals surface area contributed by atoms with Gasteiger partial charge in [-0.2, -0.15) is 13.2 Å². The normalized spacial score (nSPS) is 20.3. The predicted molar refractivity (Wildman–Crippen MR) is 178 cm³/mol. The molecule has 14 heteroatoms. The van der Waals surface area contributed by atoms with E-state index in [2.05, 4.69) is 20.9 Å². The Hall–Kier alpha value is -4.33. The number of carbonyl (C=O) groups excluding carboxylic acids is 4. The Morgan fingerprint density at radius 1 is 0.837 bits per heavy atom. The van der Waals surface area contributed by atoms with Gasteiger partial charge in [-0.1, -0.05) is 30.7 Å². The van der Waals surface area contributed by atoms with Gasteiger partial charge in [0.1, 0.15) is 6.04 Å². The molecule has 0 saturated carbocycles. The van der Waals surface area contributed by atoms with Gasteiger partial charge < -0.3 is 35.6 Å². The number of halogens is 3. The molecule has 3 fully saturated rings. The SMILES string of the molecule is O=C(Nc1cccc(C(F)(F)F)c1)NC(CC(=O)N1CCC(N2Cc3ccccc3NC2=O)CC1)C(=O)N1CCC(N2CCCCC2)CC1. The first-order chi connectivity index (χ1) is 23.5. The van der Waals surface area contributed by atoms with E-state index < -0.39 is 23.8 Å². The summed E-state index contributed by atoms with van der Waals surface area (Å²) in [6.45, 7) is 4.35. The summed E-state index contributed by atoms with van der Waals surface area (Å²) >= 11 is 0. The van der Waals surface area contributed by atoms with Crippen LogP contribution in [0.15, 0.2) is 48.5 Å². The first-order valence-corrected chi connectivity index (χ1v) is 17.3. The zero-order chi connectivity index (χ0) is 34.5. The van der Waals surface area contributed by atoms with Gasteiger partial charge >= 0.3 is 18.2 Å². The van der Waals surface area contributed by atoms with Crippen LogP contribution in [0.25, 0.3) is 0 Å². The molecule has 0 radical (unpaired) electrons. The maximum atomic E-state index is 13.9. The zero-order valence-electron chi connectivity index (χ0n) is 27.5. The number of nitrogens with one attached hydrogen (secondary N) is 3. The van der Waals surface area contributed by atoms with Crippen LogP contribution in [0, 0.1) is 0 Å². The largest absolute Gasteiger partial charge is 0.416 e. The summed E-state index contributed by atoms with van der Waals surface area (Å²) in [6.07, 6.45) is 1.42. The molecule has 2 aromatic carbocycles. The highest BCUT2D eigenvalue weighted by molar-refractivity contribution is 5.96. The number of hydrogen-bond acceptors (Lipinski definition) is 5. The lowest BCUT2D eigenvalue weighted by Gasteiger charge is -2.41. The highest BCUT2D eigenvalue weighted by atomic mass is 19.4. The van der Waals surface area contributed by atoms with Crippen molar-refractivity contribution in [2.45, 2.75) is 82.2 Å². The van der Waals surface area contributed by atoms with Crippen molar-refractivity contribution in [2.24, 2.45) is 0 Å². The van der Waals surface area contributed by atoms with Crippen molar-refractivity contribution in [1.82, 2.24) is 24.9 Å². The molecule has 4 heterocycles. The third-order valence-electron chi connectivity index (χ3n) is 10.2. The highest BCUT2D eigenvalue weighted by Gasteiger charge is 2.37. The monoisotopic (exact) mass is 683 g/mol. The van der Waals surface area contributed by atoms with Crippen molar-refractivity contribution in [2.75, 3.05) is 49.9 Å². The summed E-state index contributed by atoms with van der Waals surface area (Å²) in [6, 6.07) is 9.96. The van der Waals surface area contributed by atoms with E-state index in [1.54, 1.807) is 14.7 Å². The number of amides is 6. The lowest BCUT2D eigenvalue weighted by atomic mass is 9.98. The summed E-state index contributed by atoms with van der Waals surface area (Å²) in [4.78, 5) is 61.0. The molecule has 0 bridgehead atoms. The van der Waals surface area contributed by atoms with Crippen molar-refractivity contribution >= 4 is 35.3 Å². The Balaban J connectivity index is 1.08. The second kappa shape index (κ2) is 15.1.